The van der Waals surface area contributed by atoms with E-state index in [1.807, 2.05) is 6.92 Å². The summed E-state index contributed by atoms with van der Waals surface area (Å²) in [6.07, 6.45) is 4.06. The fourth-order valence-electron chi connectivity index (χ4n) is 3.16. The van der Waals surface area contributed by atoms with Gasteiger partial charge in [0.25, 0.3) is 5.91 Å². The van der Waals surface area contributed by atoms with Gasteiger partial charge < -0.3 is 4.90 Å². The van der Waals surface area contributed by atoms with Crippen molar-refractivity contribution in [3.8, 4) is 6.07 Å². The number of urea groups is 1. The molecule has 0 saturated carbocycles. The molecule has 2 aliphatic rings. The highest BCUT2D eigenvalue weighted by Crippen LogP contribution is 2.29. The molecule has 3 rings (SSSR count). The Morgan fingerprint density at radius 3 is 2.95 bits per heavy atom. The largest absolute Gasteiger partial charge is 0.333 e. The third kappa shape index (κ3) is 2.34. The maximum Gasteiger partial charge on any atom is 0.333 e. The Balaban J connectivity index is 1.87. The summed E-state index contributed by atoms with van der Waals surface area (Å²) >= 11 is 0. The van der Waals surface area contributed by atoms with E-state index in [0.29, 0.717) is 25.3 Å². The number of aromatic nitrogens is 2. The minimum atomic E-state index is -0.334. The minimum Gasteiger partial charge on any atom is -0.312 e. The molecule has 2 saturated heterocycles. The Hall–Kier alpha value is -2.36. The summed E-state index contributed by atoms with van der Waals surface area (Å²) in [5, 5.41) is 13.0. The molecule has 0 radical (unpaired) electrons. The molecule has 7 nitrogen and oxygen atoms in total. The second kappa shape index (κ2) is 5.79. The average Bonchev–Trinajstić information content (AvgIpc) is 2.83. The van der Waals surface area contributed by atoms with Gasteiger partial charge in [-0.25, -0.2) is 9.69 Å². The number of aryl methyl sites for hydroxylation is 2. The van der Waals surface area contributed by atoms with Crippen molar-refractivity contribution in [2.45, 2.75) is 51.6 Å². The Morgan fingerprint density at radius 2 is 2.18 bits per heavy atom. The molecule has 3 amide bonds. The molecule has 22 heavy (non-hydrogen) atoms. The maximum absolute atomic E-state index is 12.6. The highest BCUT2D eigenvalue weighted by molar-refractivity contribution is 6.20. The lowest BCUT2D eigenvalue weighted by Gasteiger charge is -2.17. The van der Waals surface area contributed by atoms with E-state index in [2.05, 4.69) is 11.2 Å². The van der Waals surface area contributed by atoms with Crippen molar-refractivity contribution in [1.29, 1.82) is 5.26 Å². The predicted octanol–water partition coefficient (Wildman–Crippen LogP) is 1.82. The van der Waals surface area contributed by atoms with Crippen molar-refractivity contribution in [2.75, 3.05) is 11.4 Å². The van der Waals surface area contributed by atoms with Crippen LogP contribution < -0.4 is 4.90 Å². The molecule has 7 heteroatoms. The first-order chi connectivity index (χ1) is 10.6. The number of imide groups is 1. The number of nitrogens with zero attached hydrogens (tertiary/aromatic N) is 5. The van der Waals surface area contributed by atoms with E-state index in [1.54, 1.807) is 15.6 Å². The number of anilines is 1. The second-order valence-corrected chi connectivity index (χ2v) is 5.79. The number of rotatable bonds is 3. The topological polar surface area (TPSA) is 82.2 Å². The lowest BCUT2D eigenvalue weighted by atomic mass is 10.1. The maximum atomic E-state index is 12.6. The van der Waals surface area contributed by atoms with Crippen LogP contribution in [-0.2, 0) is 11.3 Å². The third-order valence-electron chi connectivity index (χ3n) is 4.33. The van der Waals surface area contributed by atoms with Crippen LogP contribution >= 0.6 is 0 Å². The fourth-order valence-corrected chi connectivity index (χ4v) is 3.16. The summed E-state index contributed by atoms with van der Waals surface area (Å²) in [6.45, 7) is 2.96. The first-order valence-corrected chi connectivity index (χ1v) is 7.69. The lowest BCUT2D eigenvalue weighted by Crippen LogP contribution is -2.34. The minimum absolute atomic E-state index is 0.170. The predicted molar refractivity (Wildman–Crippen MR) is 79.0 cm³/mol. The van der Waals surface area contributed by atoms with Crippen LogP contribution in [0.4, 0.5) is 10.6 Å². The summed E-state index contributed by atoms with van der Waals surface area (Å²) in [4.78, 5) is 28.0. The van der Waals surface area contributed by atoms with Gasteiger partial charge in [0.1, 0.15) is 6.04 Å². The van der Waals surface area contributed by atoms with Crippen molar-refractivity contribution in [2.24, 2.45) is 0 Å². The molecule has 1 aromatic heterocycles. The number of hydrogen-bond donors (Lipinski definition) is 0. The van der Waals surface area contributed by atoms with E-state index in [4.69, 9.17) is 5.26 Å². The molecule has 2 fully saturated rings. The zero-order valence-electron chi connectivity index (χ0n) is 12.7. The van der Waals surface area contributed by atoms with E-state index in [9.17, 15) is 9.59 Å². The lowest BCUT2D eigenvalue weighted by molar-refractivity contribution is -0.119. The number of hydrogen-bond acceptors (Lipinski definition) is 4. The van der Waals surface area contributed by atoms with E-state index >= 15 is 0 Å². The van der Waals surface area contributed by atoms with Crippen molar-refractivity contribution in [3.05, 3.63) is 11.8 Å². The number of fused-ring (bicyclic) bond motifs is 1. The van der Waals surface area contributed by atoms with Gasteiger partial charge >= 0.3 is 6.03 Å². The SMILES string of the molecule is Cc1cc(N2C(=O)C3CCCCCN3C2=O)nn1CCC#N. The van der Waals surface area contributed by atoms with Crippen molar-refractivity contribution in [3.63, 3.8) is 0 Å². The molecule has 1 unspecified atom stereocenters. The number of carbonyl (C=O) groups is 2. The first kappa shape index (κ1) is 14.6. The standard InChI is InChI=1S/C15H19N5O2/c1-11-10-13(17-19(11)9-5-7-16)20-14(21)12-6-3-2-4-8-18(12)15(20)22/h10,12H,2-6,8-9H2,1H3. The molecule has 0 spiro atoms. The molecule has 1 atom stereocenters. The third-order valence-corrected chi connectivity index (χ3v) is 4.33. The molecule has 3 heterocycles. The number of amides is 3. The summed E-state index contributed by atoms with van der Waals surface area (Å²) in [6, 6.07) is 3.21. The summed E-state index contributed by atoms with van der Waals surface area (Å²) in [5.74, 6) is 0.204. The average molecular weight is 301 g/mol. The molecule has 116 valence electrons. The van der Waals surface area contributed by atoms with Gasteiger partial charge in [-0.05, 0) is 19.8 Å². The highest BCUT2D eigenvalue weighted by Gasteiger charge is 2.46. The van der Waals surface area contributed by atoms with Gasteiger partial charge in [0.15, 0.2) is 5.82 Å². The summed E-state index contributed by atoms with van der Waals surface area (Å²) < 4.78 is 1.67. The van der Waals surface area contributed by atoms with Crippen molar-refractivity contribution in [1.82, 2.24) is 14.7 Å². The van der Waals surface area contributed by atoms with Gasteiger partial charge in [-0.2, -0.15) is 10.4 Å². The van der Waals surface area contributed by atoms with Crippen LogP contribution in [0.3, 0.4) is 0 Å². The normalized spacial score (nSPS) is 21.7. The van der Waals surface area contributed by atoms with Crippen LogP contribution in [0.25, 0.3) is 0 Å². The van der Waals surface area contributed by atoms with Crippen molar-refractivity contribution < 1.29 is 9.59 Å². The number of nitriles is 1. The van der Waals surface area contributed by atoms with Crippen LogP contribution in [0.5, 0.6) is 0 Å². The summed E-state index contributed by atoms with van der Waals surface area (Å²) in [7, 11) is 0. The Morgan fingerprint density at radius 1 is 1.36 bits per heavy atom. The molecule has 0 aliphatic carbocycles. The van der Waals surface area contributed by atoms with Gasteiger partial charge in [-0.3, -0.25) is 9.48 Å². The summed E-state index contributed by atoms with van der Waals surface area (Å²) in [5.41, 5.74) is 0.841. The van der Waals surface area contributed by atoms with Crippen LogP contribution in [0.1, 0.15) is 37.8 Å². The quantitative estimate of drug-likeness (QED) is 0.797. The fraction of sp³-hybridized carbons (Fsp3) is 0.600. The van der Waals surface area contributed by atoms with E-state index < -0.39 is 0 Å². The van der Waals surface area contributed by atoms with Gasteiger partial charge in [0, 0.05) is 18.3 Å². The molecule has 2 aliphatic heterocycles. The monoisotopic (exact) mass is 301 g/mol. The van der Waals surface area contributed by atoms with Crippen LogP contribution in [0.2, 0.25) is 0 Å². The zero-order chi connectivity index (χ0) is 15.7. The zero-order valence-corrected chi connectivity index (χ0v) is 12.7. The Labute approximate surface area is 129 Å². The number of carbonyl (C=O) groups excluding carboxylic acids is 2. The highest BCUT2D eigenvalue weighted by atomic mass is 16.2. The molecular formula is C15H19N5O2. The van der Waals surface area contributed by atoms with Crippen LogP contribution in [0, 0.1) is 18.3 Å². The van der Waals surface area contributed by atoms with Crippen LogP contribution in [-0.4, -0.2) is 39.2 Å². The van der Waals surface area contributed by atoms with E-state index in [0.717, 1.165) is 31.4 Å². The first-order valence-electron chi connectivity index (χ1n) is 7.69. The van der Waals surface area contributed by atoms with Crippen molar-refractivity contribution >= 4 is 17.8 Å². The van der Waals surface area contributed by atoms with Crippen LogP contribution in [0.15, 0.2) is 6.07 Å². The van der Waals surface area contributed by atoms with Gasteiger partial charge in [-0.15, -0.1) is 0 Å². The van der Waals surface area contributed by atoms with Gasteiger partial charge in [0.2, 0.25) is 0 Å². The van der Waals surface area contributed by atoms with E-state index in [1.165, 1.54) is 4.90 Å². The van der Waals surface area contributed by atoms with E-state index in [-0.39, 0.29) is 18.0 Å². The molecule has 0 bridgehead atoms. The molecular weight excluding hydrogens is 282 g/mol. The molecule has 0 N–H and O–H groups in total. The molecule has 1 aromatic rings. The van der Waals surface area contributed by atoms with Gasteiger partial charge in [0.05, 0.1) is 19.0 Å². The Kier molecular flexibility index (Phi) is 3.84. The Bertz CT molecular complexity index is 621. The van der Waals surface area contributed by atoms with Gasteiger partial charge in [-0.1, -0.05) is 12.8 Å². The second-order valence-electron chi connectivity index (χ2n) is 5.79. The smallest absolute Gasteiger partial charge is 0.312 e. The molecule has 0 aromatic carbocycles.